The summed E-state index contributed by atoms with van der Waals surface area (Å²) in [7, 11) is -4.33. The molecule has 0 spiro atoms. The number of nitrogens with zero attached hydrogens (tertiary/aromatic N) is 1. The van der Waals surface area contributed by atoms with Gasteiger partial charge in [0, 0.05) is 0 Å². The van der Waals surface area contributed by atoms with E-state index in [1.807, 2.05) is 5.32 Å². The minimum absolute atomic E-state index is 0.166. The Bertz CT molecular complexity index is 515. The van der Waals surface area contributed by atoms with Gasteiger partial charge in [0.2, 0.25) is 11.8 Å². The molecule has 20 heavy (non-hydrogen) atoms. The Balaban J connectivity index is 2.91. The molecule has 1 heterocycles. The Hall–Kier alpha value is -1.68. The number of nitrogens with one attached hydrogen (secondary N) is 2. The molecule has 1 fully saturated rings. The van der Waals surface area contributed by atoms with E-state index in [1.165, 1.54) is 0 Å². The van der Waals surface area contributed by atoms with Crippen molar-refractivity contribution >= 4 is 28.1 Å². The highest BCUT2D eigenvalue weighted by molar-refractivity contribution is 7.87. The van der Waals surface area contributed by atoms with Gasteiger partial charge in [-0.05, 0) is 20.3 Å². The molecular formula is C10H17N3O6S. The summed E-state index contributed by atoms with van der Waals surface area (Å²) in [5.41, 5.74) is 0. The first-order valence-corrected chi connectivity index (χ1v) is 7.45. The van der Waals surface area contributed by atoms with Crippen LogP contribution in [0.4, 0.5) is 4.79 Å². The van der Waals surface area contributed by atoms with Crippen LogP contribution in [0.1, 0.15) is 27.2 Å². The maximum atomic E-state index is 12.0. The maximum Gasteiger partial charge on any atom is 0.422 e. The average Bonchev–Trinajstić information content (AvgIpc) is 2.25. The number of carbonyl (C=O) groups is 3. The SMILES string of the molecule is CCC1C(=O)NC(=O)CN1S(=O)(=O)NC(=O)OC(C)C. The Morgan fingerprint density at radius 1 is 1.50 bits per heavy atom. The Morgan fingerprint density at radius 3 is 2.60 bits per heavy atom. The lowest BCUT2D eigenvalue weighted by Gasteiger charge is -2.31. The van der Waals surface area contributed by atoms with Crippen LogP contribution in [0.5, 0.6) is 0 Å². The number of piperazine rings is 1. The second kappa shape index (κ2) is 6.18. The molecule has 114 valence electrons. The molecule has 0 aromatic rings. The monoisotopic (exact) mass is 307 g/mol. The molecule has 0 saturated carbocycles. The van der Waals surface area contributed by atoms with Crippen LogP contribution in [-0.2, 0) is 24.5 Å². The fraction of sp³-hybridized carbons (Fsp3) is 0.700. The van der Waals surface area contributed by atoms with Crippen LogP contribution in [0.2, 0.25) is 0 Å². The quantitative estimate of drug-likeness (QED) is 0.649. The van der Waals surface area contributed by atoms with Gasteiger partial charge in [-0.1, -0.05) is 6.92 Å². The van der Waals surface area contributed by atoms with Crippen LogP contribution in [0.3, 0.4) is 0 Å². The molecule has 1 aliphatic rings. The third-order valence-corrected chi connectivity index (χ3v) is 3.89. The highest BCUT2D eigenvalue weighted by atomic mass is 32.2. The van der Waals surface area contributed by atoms with Crippen LogP contribution < -0.4 is 10.0 Å². The lowest BCUT2D eigenvalue weighted by Crippen LogP contribution is -2.62. The molecule has 0 radical (unpaired) electrons. The van der Waals surface area contributed by atoms with Gasteiger partial charge in [-0.2, -0.15) is 12.7 Å². The molecule has 2 N–H and O–H groups in total. The molecule has 0 aromatic heterocycles. The van der Waals surface area contributed by atoms with Gasteiger partial charge < -0.3 is 4.74 Å². The third-order valence-electron chi connectivity index (χ3n) is 2.46. The number of ether oxygens (including phenoxy) is 1. The van der Waals surface area contributed by atoms with Gasteiger partial charge in [0.25, 0.3) is 0 Å². The first-order valence-electron chi connectivity index (χ1n) is 6.01. The number of imide groups is 1. The van der Waals surface area contributed by atoms with Gasteiger partial charge in [-0.3, -0.25) is 14.9 Å². The standard InChI is InChI=1S/C10H17N3O6S/c1-4-7-9(15)11-8(14)5-13(7)20(17,18)12-10(16)19-6(2)3/h6-7H,4-5H2,1-3H3,(H,12,16)(H,11,14,15). The van der Waals surface area contributed by atoms with E-state index in [1.54, 1.807) is 25.5 Å². The molecular weight excluding hydrogens is 290 g/mol. The molecule has 1 rings (SSSR count). The molecule has 1 unspecified atom stereocenters. The topological polar surface area (TPSA) is 122 Å². The third kappa shape index (κ3) is 3.90. The summed E-state index contributed by atoms with van der Waals surface area (Å²) in [6.45, 7) is 4.17. The second-order valence-corrected chi connectivity index (χ2v) is 6.07. The van der Waals surface area contributed by atoms with Crippen molar-refractivity contribution in [1.29, 1.82) is 0 Å². The summed E-state index contributed by atoms with van der Waals surface area (Å²) < 4.78 is 31.0. The van der Waals surface area contributed by atoms with Crippen LogP contribution >= 0.6 is 0 Å². The van der Waals surface area contributed by atoms with Crippen molar-refractivity contribution in [1.82, 2.24) is 14.3 Å². The van der Waals surface area contributed by atoms with Crippen molar-refractivity contribution in [2.75, 3.05) is 6.54 Å². The van der Waals surface area contributed by atoms with Gasteiger partial charge in [-0.15, -0.1) is 0 Å². The van der Waals surface area contributed by atoms with Crippen molar-refractivity contribution < 1.29 is 27.5 Å². The summed E-state index contributed by atoms with van der Waals surface area (Å²) in [4.78, 5) is 34.2. The van der Waals surface area contributed by atoms with Crippen molar-refractivity contribution in [3.05, 3.63) is 0 Å². The van der Waals surface area contributed by atoms with E-state index in [9.17, 15) is 22.8 Å². The van der Waals surface area contributed by atoms with Gasteiger partial charge in [0.15, 0.2) is 0 Å². The predicted molar refractivity (Wildman–Crippen MR) is 67.6 cm³/mol. The van der Waals surface area contributed by atoms with E-state index in [0.29, 0.717) is 4.31 Å². The Morgan fingerprint density at radius 2 is 2.10 bits per heavy atom. The summed E-state index contributed by atoms with van der Waals surface area (Å²) >= 11 is 0. The molecule has 1 atom stereocenters. The van der Waals surface area contributed by atoms with E-state index in [2.05, 4.69) is 4.74 Å². The lowest BCUT2D eigenvalue weighted by atomic mass is 10.2. The minimum Gasteiger partial charge on any atom is -0.446 e. The normalized spacial score (nSPS) is 20.7. The van der Waals surface area contributed by atoms with Crippen LogP contribution in [0.25, 0.3) is 0 Å². The molecule has 3 amide bonds. The van der Waals surface area contributed by atoms with E-state index in [4.69, 9.17) is 0 Å². The van der Waals surface area contributed by atoms with Gasteiger partial charge in [0.05, 0.1) is 12.6 Å². The van der Waals surface area contributed by atoms with E-state index < -0.39 is 46.8 Å². The Kier molecular flexibility index (Phi) is 5.06. The maximum absolute atomic E-state index is 12.0. The average molecular weight is 307 g/mol. The zero-order valence-corrected chi connectivity index (χ0v) is 12.2. The van der Waals surface area contributed by atoms with Crippen LogP contribution in [0.15, 0.2) is 0 Å². The first kappa shape index (κ1) is 16.4. The number of hydrogen-bond donors (Lipinski definition) is 2. The smallest absolute Gasteiger partial charge is 0.422 e. The predicted octanol–water partition coefficient (Wildman–Crippen LogP) is -0.897. The number of rotatable bonds is 4. The summed E-state index contributed by atoms with van der Waals surface area (Å²) in [5.74, 6) is -1.46. The summed E-state index contributed by atoms with van der Waals surface area (Å²) in [6, 6.07) is -1.04. The molecule has 0 aromatic carbocycles. The number of carbonyl (C=O) groups excluding carboxylic acids is 3. The molecule has 0 bridgehead atoms. The largest absolute Gasteiger partial charge is 0.446 e. The molecule has 9 nitrogen and oxygen atoms in total. The zero-order valence-electron chi connectivity index (χ0n) is 11.4. The van der Waals surface area contributed by atoms with Crippen molar-refractivity contribution in [2.24, 2.45) is 0 Å². The lowest BCUT2D eigenvalue weighted by molar-refractivity contribution is -0.137. The minimum atomic E-state index is -4.33. The summed E-state index contributed by atoms with van der Waals surface area (Å²) in [5, 5.41) is 2.04. The molecule has 0 aliphatic carbocycles. The summed E-state index contributed by atoms with van der Waals surface area (Å²) in [6.07, 6.45) is -1.49. The number of hydrogen-bond acceptors (Lipinski definition) is 6. The van der Waals surface area contributed by atoms with E-state index in [-0.39, 0.29) is 6.42 Å². The molecule has 10 heteroatoms. The highest BCUT2D eigenvalue weighted by Gasteiger charge is 2.40. The molecule has 1 aliphatic heterocycles. The molecule has 1 saturated heterocycles. The van der Waals surface area contributed by atoms with Crippen molar-refractivity contribution in [3.63, 3.8) is 0 Å². The van der Waals surface area contributed by atoms with Gasteiger partial charge >= 0.3 is 16.3 Å². The van der Waals surface area contributed by atoms with E-state index in [0.717, 1.165) is 0 Å². The van der Waals surface area contributed by atoms with Crippen molar-refractivity contribution in [3.8, 4) is 0 Å². The second-order valence-electron chi connectivity index (χ2n) is 4.44. The zero-order chi connectivity index (χ0) is 15.5. The fourth-order valence-corrected chi connectivity index (χ4v) is 2.93. The highest BCUT2D eigenvalue weighted by Crippen LogP contribution is 2.13. The van der Waals surface area contributed by atoms with Gasteiger partial charge in [0.1, 0.15) is 6.04 Å². The van der Waals surface area contributed by atoms with Gasteiger partial charge in [-0.25, -0.2) is 9.52 Å². The fourth-order valence-electron chi connectivity index (χ4n) is 1.69. The van der Waals surface area contributed by atoms with Crippen molar-refractivity contribution in [2.45, 2.75) is 39.3 Å². The van der Waals surface area contributed by atoms with Crippen LogP contribution in [-0.4, -0.2) is 49.3 Å². The first-order chi connectivity index (χ1) is 9.17. The van der Waals surface area contributed by atoms with Crippen LogP contribution in [0, 0.1) is 0 Å². The van der Waals surface area contributed by atoms with E-state index >= 15 is 0 Å². The Labute approximate surface area is 116 Å². The number of amides is 3.